The molecule has 0 N–H and O–H groups in total. The van der Waals surface area contributed by atoms with Gasteiger partial charge in [-0.1, -0.05) is 6.92 Å². The average molecular weight is 305 g/mol. The zero-order chi connectivity index (χ0) is 16.2. The molecule has 0 fully saturated rings. The summed E-state index contributed by atoms with van der Waals surface area (Å²) in [4.78, 5) is 10.2. The second-order valence-electron chi connectivity index (χ2n) is 4.04. The molecule has 0 saturated carbocycles. The smallest absolute Gasteiger partial charge is 0.420 e. The number of benzene rings is 1. The second-order valence-corrected chi connectivity index (χ2v) is 4.04. The molecule has 0 unspecified atom stereocenters. The van der Waals surface area contributed by atoms with Crippen molar-refractivity contribution in [3.63, 3.8) is 0 Å². The molecule has 0 bridgehead atoms. The van der Waals surface area contributed by atoms with E-state index in [1.54, 1.807) is 6.92 Å². The van der Waals surface area contributed by atoms with Gasteiger partial charge in [-0.05, 0) is 12.1 Å². The largest absolute Gasteiger partial charge is 0.496 e. The van der Waals surface area contributed by atoms with E-state index >= 15 is 0 Å². The van der Waals surface area contributed by atoms with Crippen molar-refractivity contribution in [2.24, 2.45) is 0 Å². The van der Waals surface area contributed by atoms with Crippen LogP contribution in [0.2, 0.25) is 0 Å². The average Bonchev–Trinajstić information content (AvgIpc) is 2.42. The van der Waals surface area contributed by atoms with Gasteiger partial charge >= 0.3 is 6.18 Å². The second kappa shape index (κ2) is 6.47. The van der Waals surface area contributed by atoms with Gasteiger partial charge in [0.05, 0.1) is 19.1 Å². The van der Waals surface area contributed by atoms with Crippen LogP contribution in [-0.4, -0.2) is 19.1 Å². The van der Waals surface area contributed by atoms with E-state index in [0.717, 1.165) is 19.2 Å². The summed E-state index contributed by atoms with van der Waals surface area (Å²) in [6.45, 7) is 1.57. The van der Waals surface area contributed by atoms with Crippen LogP contribution in [-0.2, 0) is 6.18 Å². The topological polar surface area (TPSA) is 61.6 Å². The van der Waals surface area contributed by atoms with Crippen LogP contribution in [0.5, 0.6) is 11.5 Å². The normalized spacial score (nSPS) is 12.2. The van der Waals surface area contributed by atoms with E-state index in [1.807, 2.05) is 0 Å². The van der Waals surface area contributed by atoms with Crippen LogP contribution in [0.15, 0.2) is 17.8 Å². The molecule has 1 rings (SSSR count). The third-order valence-corrected chi connectivity index (χ3v) is 2.78. The Balaban J connectivity index is 3.51. The maximum atomic E-state index is 12.9. The molecule has 116 valence electrons. The number of hydrogen-bond donors (Lipinski definition) is 0. The summed E-state index contributed by atoms with van der Waals surface area (Å²) in [5, 5.41) is 10.8. The van der Waals surface area contributed by atoms with Crippen molar-refractivity contribution in [3.8, 4) is 11.5 Å². The fourth-order valence-corrected chi connectivity index (χ4v) is 1.72. The Bertz CT molecular complexity index is 567. The zero-order valence-corrected chi connectivity index (χ0v) is 11.7. The van der Waals surface area contributed by atoms with Crippen LogP contribution >= 0.6 is 0 Å². The third-order valence-electron chi connectivity index (χ3n) is 2.78. The molecule has 0 heterocycles. The predicted molar refractivity (Wildman–Crippen MR) is 69.8 cm³/mol. The first-order chi connectivity index (χ1) is 9.74. The Labute approximate surface area is 119 Å². The molecule has 1 aromatic carbocycles. The molecule has 5 nitrogen and oxygen atoms in total. The van der Waals surface area contributed by atoms with Crippen molar-refractivity contribution in [2.45, 2.75) is 19.5 Å². The van der Waals surface area contributed by atoms with Crippen LogP contribution in [0.4, 0.5) is 13.2 Å². The van der Waals surface area contributed by atoms with Crippen molar-refractivity contribution in [1.29, 1.82) is 0 Å². The maximum absolute atomic E-state index is 12.9. The molecule has 0 amide bonds. The number of ether oxygens (including phenoxy) is 2. The molecule has 0 atom stereocenters. The standard InChI is InChI=1S/C13H14F3NO4/c1-4-9(17(18)19)5-8-6-12(21-3)10(13(14,15)16)7-11(8)20-2/h5-7H,4H2,1-3H3. The molecule has 0 aliphatic carbocycles. The molecule has 0 aromatic heterocycles. The summed E-state index contributed by atoms with van der Waals surface area (Å²) in [6.07, 6.45) is -3.32. The number of nitro groups is 1. The number of methoxy groups -OCH3 is 2. The fraction of sp³-hybridized carbons (Fsp3) is 0.385. The van der Waals surface area contributed by atoms with Gasteiger partial charge in [-0.3, -0.25) is 10.1 Å². The first-order valence-corrected chi connectivity index (χ1v) is 5.92. The number of allylic oxidation sites excluding steroid dienone is 1. The minimum atomic E-state index is -4.61. The Morgan fingerprint density at radius 2 is 1.86 bits per heavy atom. The minimum absolute atomic E-state index is 0.115. The van der Waals surface area contributed by atoms with E-state index in [1.165, 1.54) is 13.2 Å². The van der Waals surface area contributed by atoms with Gasteiger partial charge in [-0.25, -0.2) is 0 Å². The minimum Gasteiger partial charge on any atom is -0.496 e. The monoisotopic (exact) mass is 305 g/mol. The Morgan fingerprint density at radius 1 is 1.29 bits per heavy atom. The van der Waals surface area contributed by atoms with E-state index in [4.69, 9.17) is 9.47 Å². The van der Waals surface area contributed by atoms with Crippen LogP contribution in [0.25, 0.3) is 6.08 Å². The first kappa shape index (κ1) is 16.8. The summed E-state index contributed by atoms with van der Waals surface area (Å²) < 4.78 is 48.2. The van der Waals surface area contributed by atoms with Crippen LogP contribution in [0.3, 0.4) is 0 Å². The van der Waals surface area contributed by atoms with E-state index in [9.17, 15) is 23.3 Å². The summed E-state index contributed by atoms with van der Waals surface area (Å²) in [5.41, 5.74) is -0.996. The molecule has 0 spiro atoms. The van der Waals surface area contributed by atoms with Crippen molar-refractivity contribution < 1.29 is 27.6 Å². The van der Waals surface area contributed by atoms with E-state index in [2.05, 4.69) is 0 Å². The lowest BCUT2D eigenvalue weighted by Crippen LogP contribution is -2.08. The maximum Gasteiger partial charge on any atom is 0.420 e. The molecule has 0 aliphatic rings. The van der Waals surface area contributed by atoms with Gasteiger partial charge < -0.3 is 9.47 Å². The highest BCUT2D eigenvalue weighted by atomic mass is 19.4. The fourth-order valence-electron chi connectivity index (χ4n) is 1.72. The predicted octanol–water partition coefficient (Wildman–Crippen LogP) is 3.75. The van der Waals surface area contributed by atoms with Crippen molar-refractivity contribution >= 4 is 6.08 Å². The molecule has 8 heteroatoms. The number of halogens is 3. The Hall–Kier alpha value is -2.25. The van der Waals surface area contributed by atoms with Gasteiger partial charge in [0.1, 0.15) is 17.1 Å². The van der Waals surface area contributed by atoms with Crippen LogP contribution < -0.4 is 9.47 Å². The molecule has 0 saturated heterocycles. The quantitative estimate of drug-likeness (QED) is 0.614. The molecular formula is C13H14F3NO4. The first-order valence-electron chi connectivity index (χ1n) is 5.92. The van der Waals surface area contributed by atoms with Gasteiger partial charge in [-0.2, -0.15) is 13.2 Å². The number of hydrogen-bond acceptors (Lipinski definition) is 4. The molecule has 0 radical (unpaired) electrons. The molecule has 0 aliphatic heterocycles. The lowest BCUT2D eigenvalue weighted by atomic mass is 10.1. The number of alkyl halides is 3. The summed E-state index contributed by atoms with van der Waals surface area (Å²) in [5.74, 6) is -0.538. The summed E-state index contributed by atoms with van der Waals surface area (Å²) in [6, 6.07) is 1.83. The van der Waals surface area contributed by atoms with E-state index in [-0.39, 0.29) is 23.4 Å². The third kappa shape index (κ3) is 3.87. The van der Waals surface area contributed by atoms with Crippen molar-refractivity contribution in [1.82, 2.24) is 0 Å². The Kier molecular flexibility index (Phi) is 5.17. The van der Waals surface area contributed by atoms with Gasteiger partial charge in [0.15, 0.2) is 0 Å². The molecule has 1 aromatic rings. The van der Waals surface area contributed by atoms with Gasteiger partial charge in [0.2, 0.25) is 5.70 Å². The Morgan fingerprint density at radius 3 is 2.24 bits per heavy atom. The highest BCUT2D eigenvalue weighted by Crippen LogP contribution is 2.40. The zero-order valence-electron chi connectivity index (χ0n) is 11.7. The number of rotatable bonds is 5. The van der Waals surface area contributed by atoms with Gasteiger partial charge in [-0.15, -0.1) is 0 Å². The summed E-state index contributed by atoms with van der Waals surface area (Å²) in [7, 11) is 2.29. The molecular weight excluding hydrogens is 291 g/mol. The van der Waals surface area contributed by atoms with Crippen molar-refractivity contribution in [2.75, 3.05) is 14.2 Å². The number of nitrogens with zero attached hydrogens (tertiary/aromatic N) is 1. The highest BCUT2D eigenvalue weighted by molar-refractivity contribution is 5.63. The van der Waals surface area contributed by atoms with Gasteiger partial charge in [0, 0.05) is 18.1 Å². The lowest BCUT2D eigenvalue weighted by Gasteiger charge is -2.15. The SMILES string of the molecule is CCC(=Cc1cc(OC)c(C(F)(F)F)cc1OC)[N+](=O)[O-]. The summed E-state index contributed by atoms with van der Waals surface area (Å²) >= 11 is 0. The van der Waals surface area contributed by atoms with Crippen LogP contribution in [0.1, 0.15) is 24.5 Å². The van der Waals surface area contributed by atoms with Crippen LogP contribution in [0, 0.1) is 10.1 Å². The van der Waals surface area contributed by atoms with Crippen molar-refractivity contribution in [3.05, 3.63) is 39.1 Å². The van der Waals surface area contributed by atoms with Gasteiger partial charge in [0.25, 0.3) is 0 Å². The van der Waals surface area contributed by atoms with E-state index in [0.29, 0.717) is 0 Å². The van der Waals surface area contributed by atoms with E-state index < -0.39 is 22.4 Å². The lowest BCUT2D eigenvalue weighted by molar-refractivity contribution is -0.425. The highest BCUT2D eigenvalue weighted by Gasteiger charge is 2.35. The molecule has 21 heavy (non-hydrogen) atoms.